The Bertz CT molecular complexity index is 433. The lowest BCUT2D eigenvalue weighted by atomic mass is 9.88. The number of rotatable bonds is 5. The van der Waals surface area contributed by atoms with Crippen molar-refractivity contribution in [1.82, 2.24) is 0 Å². The van der Waals surface area contributed by atoms with Gasteiger partial charge < -0.3 is 10.5 Å². The molecule has 0 bridgehead atoms. The average molecular weight is 264 g/mol. The van der Waals surface area contributed by atoms with Crippen molar-refractivity contribution < 1.29 is 9.66 Å². The molecule has 1 aliphatic heterocycles. The van der Waals surface area contributed by atoms with Crippen LogP contribution >= 0.6 is 0 Å². The molecule has 0 radical (unpaired) electrons. The molecule has 1 aromatic carbocycles. The Labute approximate surface area is 112 Å². The van der Waals surface area contributed by atoms with Gasteiger partial charge in [-0.2, -0.15) is 0 Å². The maximum absolute atomic E-state index is 10.6. The van der Waals surface area contributed by atoms with Crippen LogP contribution in [0, 0.1) is 16.0 Å². The molecule has 0 aromatic heterocycles. The Morgan fingerprint density at radius 2 is 2.16 bits per heavy atom. The Kier molecular flexibility index (Phi) is 4.50. The number of nitrogens with zero attached hydrogens (tertiary/aromatic N) is 1. The van der Waals surface area contributed by atoms with Crippen molar-refractivity contribution in [2.45, 2.75) is 38.3 Å². The van der Waals surface area contributed by atoms with E-state index in [4.69, 9.17) is 10.5 Å². The van der Waals surface area contributed by atoms with E-state index in [-0.39, 0.29) is 22.8 Å². The number of hydrogen-bond donors (Lipinski definition) is 1. The van der Waals surface area contributed by atoms with E-state index in [0.717, 1.165) is 31.4 Å². The molecule has 3 atom stereocenters. The first-order valence-electron chi connectivity index (χ1n) is 6.72. The number of hydrogen-bond acceptors (Lipinski definition) is 4. The molecular weight excluding hydrogens is 244 g/mol. The highest BCUT2D eigenvalue weighted by Crippen LogP contribution is 2.27. The smallest absolute Gasteiger partial charge is 0.269 e. The van der Waals surface area contributed by atoms with Gasteiger partial charge in [-0.3, -0.25) is 10.1 Å². The molecule has 0 spiro atoms. The molecule has 19 heavy (non-hydrogen) atoms. The molecule has 2 rings (SSSR count). The van der Waals surface area contributed by atoms with Gasteiger partial charge in [0.15, 0.2) is 0 Å². The molecule has 2 N–H and O–H groups in total. The zero-order valence-electron chi connectivity index (χ0n) is 11.1. The van der Waals surface area contributed by atoms with E-state index in [1.165, 1.54) is 12.1 Å². The maximum Gasteiger partial charge on any atom is 0.269 e. The molecule has 1 fully saturated rings. The van der Waals surface area contributed by atoms with Gasteiger partial charge in [0, 0.05) is 30.7 Å². The van der Waals surface area contributed by atoms with Crippen molar-refractivity contribution in [2.75, 3.05) is 6.61 Å². The minimum absolute atomic E-state index is 0.0499. The molecule has 0 amide bonds. The van der Waals surface area contributed by atoms with Crippen LogP contribution in [0.5, 0.6) is 0 Å². The Hall–Kier alpha value is -1.46. The monoisotopic (exact) mass is 264 g/mol. The lowest BCUT2D eigenvalue weighted by Gasteiger charge is -2.23. The van der Waals surface area contributed by atoms with Crippen LogP contribution in [0.2, 0.25) is 0 Å². The van der Waals surface area contributed by atoms with Crippen molar-refractivity contribution in [1.29, 1.82) is 0 Å². The van der Waals surface area contributed by atoms with Crippen LogP contribution < -0.4 is 5.73 Å². The Balaban J connectivity index is 1.98. The second-order valence-corrected chi connectivity index (χ2v) is 5.06. The van der Waals surface area contributed by atoms with Crippen LogP contribution in [-0.2, 0) is 11.2 Å². The van der Waals surface area contributed by atoms with Crippen LogP contribution in [0.15, 0.2) is 24.3 Å². The zero-order valence-corrected chi connectivity index (χ0v) is 11.1. The summed E-state index contributed by atoms with van der Waals surface area (Å²) in [5.74, 6) is 0.389. The Morgan fingerprint density at radius 1 is 1.47 bits per heavy atom. The fourth-order valence-electron chi connectivity index (χ4n) is 2.75. The summed E-state index contributed by atoms with van der Waals surface area (Å²) < 4.78 is 5.65. The third-order valence-corrected chi connectivity index (χ3v) is 3.83. The molecular formula is C14H20N2O3. The van der Waals surface area contributed by atoms with E-state index in [1.54, 1.807) is 12.1 Å². The zero-order chi connectivity index (χ0) is 13.8. The van der Waals surface area contributed by atoms with E-state index in [1.807, 2.05) is 0 Å². The van der Waals surface area contributed by atoms with Gasteiger partial charge in [0.25, 0.3) is 5.69 Å². The molecule has 5 heteroatoms. The van der Waals surface area contributed by atoms with Gasteiger partial charge in [-0.15, -0.1) is 0 Å². The highest BCUT2D eigenvalue weighted by molar-refractivity contribution is 5.33. The summed E-state index contributed by atoms with van der Waals surface area (Å²) in [4.78, 5) is 10.2. The van der Waals surface area contributed by atoms with Gasteiger partial charge in [-0.25, -0.2) is 0 Å². The predicted molar refractivity (Wildman–Crippen MR) is 72.9 cm³/mol. The van der Waals surface area contributed by atoms with Gasteiger partial charge in [0.05, 0.1) is 11.0 Å². The normalized spacial score (nSPS) is 24.3. The van der Waals surface area contributed by atoms with Crippen LogP contribution in [-0.4, -0.2) is 23.7 Å². The molecule has 1 aliphatic rings. The van der Waals surface area contributed by atoms with E-state index in [0.29, 0.717) is 5.92 Å². The Morgan fingerprint density at radius 3 is 2.74 bits per heavy atom. The predicted octanol–water partition coefficient (Wildman–Crippen LogP) is 2.28. The first kappa shape index (κ1) is 14.0. The summed E-state index contributed by atoms with van der Waals surface area (Å²) in [6.07, 6.45) is 2.99. The number of nitro groups is 1. The average Bonchev–Trinajstić information content (AvgIpc) is 2.87. The van der Waals surface area contributed by atoms with E-state index < -0.39 is 0 Å². The molecule has 0 saturated carbocycles. The van der Waals surface area contributed by atoms with Crippen molar-refractivity contribution in [3.8, 4) is 0 Å². The molecule has 3 unspecified atom stereocenters. The highest BCUT2D eigenvalue weighted by atomic mass is 16.6. The maximum atomic E-state index is 10.6. The van der Waals surface area contributed by atoms with Crippen LogP contribution in [0.3, 0.4) is 0 Å². The van der Waals surface area contributed by atoms with E-state index in [2.05, 4.69) is 6.92 Å². The summed E-state index contributed by atoms with van der Waals surface area (Å²) >= 11 is 0. The number of nitrogens with two attached hydrogens (primary N) is 1. The topological polar surface area (TPSA) is 78.4 Å². The lowest BCUT2D eigenvalue weighted by Crippen LogP contribution is -2.36. The molecule has 0 aliphatic carbocycles. The van der Waals surface area contributed by atoms with Crippen LogP contribution in [0.4, 0.5) is 5.69 Å². The number of non-ortho nitro benzene ring substituents is 1. The highest BCUT2D eigenvalue weighted by Gasteiger charge is 2.31. The van der Waals surface area contributed by atoms with E-state index >= 15 is 0 Å². The molecule has 104 valence electrons. The summed E-state index contributed by atoms with van der Waals surface area (Å²) in [6.45, 7) is 2.90. The number of nitro benzene ring substituents is 1. The summed E-state index contributed by atoms with van der Waals surface area (Å²) in [5.41, 5.74) is 7.42. The van der Waals surface area contributed by atoms with Crippen molar-refractivity contribution in [3.63, 3.8) is 0 Å². The van der Waals surface area contributed by atoms with Crippen molar-refractivity contribution in [3.05, 3.63) is 39.9 Å². The van der Waals surface area contributed by atoms with Gasteiger partial charge in [-0.05, 0) is 24.8 Å². The lowest BCUT2D eigenvalue weighted by molar-refractivity contribution is -0.384. The van der Waals surface area contributed by atoms with Gasteiger partial charge in [0.1, 0.15) is 0 Å². The van der Waals surface area contributed by atoms with Crippen molar-refractivity contribution >= 4 is 5.69 Å². The van der Waals surface area contributed by atoms with Gasteiger partial charge in [0.2, 0.25) is 0 Å². The second kappa shape index (κ2) is 6.12. The SMILES string of the molecule is CCC1OCCC1C(N)Cc1ccc([N+](=O)[O-])cc1. The van der Waals surface area contributed by atoms with Crippen molar-refractivity contribution in [2.24, 2.45) is 11.7 Å². The van der Waals surface area contributed by atoms with Crippen LogP contribution in [0.25, 0.3) is 0 Å². The summed E-state index contributed by atoms with van der Waals surface area (Å²) in [6, 6.07) is 6.69. The molecule has 1 saturated heterocycles. The minimum Gasteiger partial charge on any atom is -0.378 e. The third-order valence-electron chi connectivity index (χ3n) is 3.83. The number of ether oxygens (including phenoxy) is 1. The summed E-state index contributed by atoms with van der Waals surface area (Å²) in [5, 5.41) is 10.6. The van der Waals surface area contributed by atoms with Crippen LogP contribution in [0.1, 0.15) is 25.3 Å². The summed E-state index contributed by atoms with van der Waals surface area (Å²) in [7, 11) is 0. The third kappa shape index (κ3) is 3.30. The minimum atomic E-state index is -0.387. The standard InChI is InChI=1S/C14H20N2O3/c1-2-14-12(7-8-19-14)13(15)9-10-3-5-11(6-4-10)16(17)18/h3-6,12-14H,2,7-9,15H2,1H3. The molecule has 5 nitrogen and oxygen atoms in total. The quantitative estimate of drug-likeness (QED) is 0.653. The first-order chi connectivity index (χ1) is 9.11. The van der Waals surface area contributed by atoms with Gasteiger partial charge >= 0.3 is 0 Å². The van der Waals surface area contributed by atoms with Gasteiger partial charge in [-0.1, -0.05) is 19.1 Å². The second-order valence-electron chi connectivity index (χ2n) is 5.06. The largest absolute Gasteiger partial charge is 0.378 e. The fourth-order valence-corrected chi connectivity index (χ4v) is 2.75. The molecule has 1 aromatic rings. The fraction of sp³-hybridized carbons (Fsp3) is 0.571. The van der Waals surface area contributed by atoms with E-state index in [9.17, 15) is 10.1 Å². The first-order valence-corrected chi connectivity index (χ1v) is 6.72. The molecule has 1 heterocycles. The number of benzene rings is 1.